The zero-order valence-corrected chi connectivity index (χ0v) is 18.0. The third-order valence-corrected chi connectivity index (χ3v) is 5.70. The van der Waals surface area contributed by atoms with Gasteiger partial charge in [-0.2, -0.15) is 22.6 Å². The second-order valence-corrected chi connectivity index (χ2v) is 7.82. The fourth-order valence-corrected chi connectivity index (χ4v) is 3.64. The normalized spacial score (nSPS) is 17.4. The maximum Gasteiger partial charge on any atom is 0.511 e. The highest BCUT2D eigenvalue weighted by Gasteiger charge is 2.50. The van der Waals surface area contributed by atoms with Crippen molar-refractivity contribution in [2.24, 2.45) is 4.99 Å². The lowest BCUT2D eigenvalue weighted by Gasteiger charge is -2.32. The quantitative estimate of drug-likeness (QED) is 0.254. The summed E-state index contributed by atoms with van der Waals surface area (Å²) in [4.78, 5) is 4.08. The van der Waals surface area contributed by atoms with Crippen molar-refractivity contribution >= 4 is 40.0 Å². The minimum Gasteiger partial charge on any atom is -0.356 e. The van der Waals surface area contributed by atoms with Gasteiger partial charge in [-0.3, -0.25) is 9.67 Å². The van der Waals surface area contributed by atoms with Gasteiger partial charge in [-0.15, -0.1) is 24.0 Å². The molecule has 0 amide bonds. The maximum atomic E-state index is 12.6. The molecular formula is C14H24F3IN6O2S. The monoisotopic (exact) mass is 524 g/mol. The van der Waals surface area contributed by atoms with E-state index in [4.69, 9.17) is 0 Å². The summed E-state index contributed by atoms with van der Waals surface area (Å²) in [5, 5.41) is 10.4. The molecule has 0 bridgehead atoms. The fraction of sp³-hybridized carbons (Fsp3) is 0.714. The Morgan fingerprint density at radius 1 is 1.33 bits per heavy atom. The molecule has 2 N–H and O–H groups in total. The molecular weight excluding hydrogens is 500 g/mol. The first-order chi connectivity index (χ1) is 12.2. The number of hydrogen-bond donors (Lipinski definition) is 2. The van der Waals surface area contributed by atoms with E-state index in [9.17, 15) is 21.6 Å². The van der Waals surface area contributed by atoms with Crippen molar-refractivity contribution in [3.8, 4) is 0 Å². The lowest BCUT2D eigenvalue weighted by atomic mass is 10.1. The van der Waals surface area contributed by atoms with Crippen molar-refractivity contribution in [3.63, 3.8) is 0 Å². The Labute approximate surface area is 173 Å². The van der Waals surface area contributed by atoms with Crippen LogP contribution >= 0.6 is 24.0 Å². The lowest BCUT2D eigenvalue weighted by Crippen LogP contribution is -2.51. The molecule has 13 heteroatoms. The highest BCUT2D eigenvalue weighted by atomic mass is 127. The first kappa shape index (κ1) is 23.9. The largest absolute Gasteiger partial charge is 0.511 e. The summed E-state index contributed by atoms with van der Waals surface area (Å²) < 4.78 is 62.8. The third-order valence-electron chi connectivity index (χ3n) is 4.07. The van der Waals surface area contributed by atoms with Crippen LogP contribution in [0.3, 0.4) is 0 Å². The van der Waals surface area contributed by atoms with Gasteiger partial charge < -0.3 is 10.6 Å². The number of nitrogens with one attached hydrogen (secondary N) is 2. The SMILES string of the molecule is CN=C(NCCCn1cccn1)NC1CCN(S(=O)(=O)C(F)(F)F)CC1.I. The number of sulfonamides is 1. The number of aryl methyl sites for hydroxylation is 1. The van der Waals surface area contributed by atoms with Crippen LogP contribution in [0.5, 0.6) is 0 Å². The molecule has 1 aromatic rings. The molecule has 1 aromatic heterocycles. The highest BCUT2D eigenvalue weighted by molar-refractivity contribution is 14.0. The zero-order valence-electron chi connectivity index (χ0n) is 14.8. The molecule has 0 aromatic carbocycles. The van der Waals surface area contributed by atoms with E-state index in [1.807, 2.05) is 16.9 Å². The van der Waals surface area contributed by atoms with E-state index in [-0.39, 0.29) is 55.9 Å². The van der Waals surface area contributed by atoms with Gasteiger partial charge in [-0.1, -0.05) is 0 Å². The van der Waals surface area contributed by atoms with E-state index >= 15 is 0 Å². The van der Waals surface area contributed by atoms with Gasteiger partial charge >= 0.3 is 15.5 Å². The van der Waals surface area contributed by atoms with Crippen molar-refractivity contribution in [1.82, 2.24) is 24.7 Å². The smallest absolute Gasteiger partial charge is 0.356 e. The van der Waals surface area contributed by atoms with E-state index in [2.05, 4.69) is 20.7 Å². The van der Waals surface area contributed by atoms with Gasteiger partial charge in [0, 0.05) is 51.7 Å². The molecule has 0 aliphatic carbocycles. The average molecular weight is 524 g/mol. The summed E-state index contributed by atoms with van der Waals surface area (Å²) >= 11 is 0. The summed E-state index contributed by atoms with van der Waals surface area (Å²) in [6, 6.07) is 1.71. The maximum absolute atomic E-state index is 12.6. The number of alkyl halides is 3. The van der Waals surface area contributed by atoms with Gasteiger partial charge in [-0.25, -0.2) is 8.42 Å². The number of guanidine groups is 1. The number of rotatable bonds is 6. The van der Waals surface area contributed by atoms with E-state index in [1.54, 1.807) is 13.2 Å². The van der Waals surface area contributed by atoms with Gasteiger partial charge in [0.25, 0.3) is 0 Å². The van der Waals surface area contributed by atoms with Gasteiger partial charge in [-0.05, 0) is 25.3 Å². The van der Waals surface area contributed by atoms with E-state index < -0.39 is 15.5 Å². The molecule has 1 aliphatic heterocycles. The van der Waals surface area contributed by atoms with Crippen LogP contribution in [0.25, 0.3) is 0 Å². The summed E-state index contributed by atoms with van der Waals surface area (Å²) in [7, 11) is -3.64. The Hall–Kier alpha value is -1.09. The number of piperidine rings is 1. The molecule has 0 saturated carbocycles. The first-order valence-electron chi connectivity index (χ1n) is 8.25. The van der Waals surface area contributed by atoms with Gasteiger partial charge in [0.2, 0.25) is 0 Å². The number of aliphatic imine (C=N–C) groups is 1. The fourth-order valence-electron chi connectivity index (χ4n) is 2.66. The van der Waals surface area contributed by atoms with E-state index in [0.717, 1.165) is 13.0 Å². The van der Waals surface area contributed by atoms with E-state index in [0.29, 0.717) is 16.8 Å². The van der Waals surface area contributed by atoms with Gasteiger partial charge in [0.05, 0.1) is 0 Å². The minimum absolute atomic E-state index is 0. The summed E-state index contributed by atoms with van der Waals surface area (Å²) in [5.74, 6) is 0.544. The zero-order chi connectivity index (χ0) is 19.2. The summed E-state index contributed by atoms with van der Waals surface area (Å²) in [6.45, 7) is 1.07. The molecule has 0 atom stereocenters. The Balaban J connectivity index is 0.00000364. The molecule has 1 aliphatic rings. The summed E-state index contributed by atoms with van der Waals surface area (Å²) in [6.07, 6.45) is 4.96. The Bertz CT molecular complexity index is 688. The highest BCUT2D eigenvalue weighted by Crippen LogP contribution is 2.28. The van der Waals surface area contributed by atoms with Crippen molar-refractivity contribution in [2.45, 2.75) is 37.4 Å². The summed E-state index contributed by atoms with van der Waals surface area (Å²) in [5.41, 5.74) is -5.25. The standard InChI is InChI=1S/C14H23F3N6O2S.HI/c1-18-13(19-6-2-8-22-9-3-7-20-22)21-12-4-10-23(11-5-12)26(24,25)14(15,16)17;/h3,7,9,12H,2,4-6,8,10-11H2,1H3,(H2,18,19,21);1H. The molecule has 0 unspecified atom stereocenters. The number of aromatic nitrogens is 2. The van der Waals surface area contributed by atoms with Crippen LogP contribution in [0.1, 0.15) is 19.3 Å². The third kappa shape index (κ3) is 6.78. The Morgan fingerprint density at radius 3 is 2.52 bits per heavy atom. The van der Waals surface area contributed by atoms with Crippen LogP contribution in [0.4, 0.5) is 13.2 Å². The van der Waals surface area contributed by atoms with Crippen molar-refractivity contribution in [1.29, 1.82) is 0 Å². The Kier molecular flexibility index (Phi) is 9.27. The molecule has 0 radical (unpaired) electrons. The lowest BCUT2D eigenvalue weighted by molar-refractivity contribution is -0.0494. The molecule has 2 rings (SSSR count). The number of halogens is 4. The van der Waals surface area contributed by atoms with Crippen LogP contribution in [-0.4, -0.2) is 66.7 Å². The van der Waals surface area contributed by atoms with Gasteiger partial charge in [0.15, 0.2) is 5.96 Å². The second-order valence-electron chi connectivity index (χ2n) is 5.89. The van der Waals surface area contributed by atoms with Crippen LogP contribution in [0.15, 0.2) is 23.5 Å². The minimum atomic E-state index is -5.25. The average Bonchev–Trinajstić information content (AvgIpc) is 3.10. The van der Waals surface area contributed by atoms with Crippen molar-refractivity contribution in [2.75, 3.05) is 26.7 Å². The molecule has 27 heavy (non-hydrogen) atoms. The van der Waals surface area contributed by atoms with Crippen LogP contribution in [0, 0.1) is 0 Å². The Morgan fingerprint density at radius 2 is 2.00 bits per heavy atom. The topological polar surface area (TPSA) is 91.6 Å². The number of nitrogens with zero attached hydrogens (tertiary/aromatic N) is 4. The van der Waals surface area contributed by atoms with Gasteiger partial charge in [0.1, 0.15) is 0 Å². The first-order valence-corrected chi connectivity index (χ1v) is 9.69. The number of hydrogen-bond acceptors (Lipinski definition) is 4. The molecule has 8 nitrogen and oxygen atoms in total. The van der Waals surface area contributed by atoms with Crippen molar-refractivity contribution in [3.05, 3.63) is 18.5 Å². The molecule has 1 saturated heterocycles. The van der Waals surface area contributed by atoms with Crippen LogP contribution in [0.2, 0.25) is 0 Å². The molecule has 156 valence electrons. The van der Waals surface area contributed by atoms with Crippen molar-refractivity contribution < 1.29 is 21.6 Å². The van der Waals surface area contributed by atoms with E-state index in [1.165, 1.54) is 0 Å². The molecule has 0 spiro atoms. The molecule has 1 fully saturated rings. The second kappa shape index (κ2) is 10.5. The van der Waals surface area contributed by atoms with Crippen LogP contribution in [-0.2, 0) is 16.6 Å². The van der Waals surface area contributed by atoms with Crippen LogP contribution < -0.4 is 10.6 Å². The molecule has 2 heterocycles. The predicted molar refractivity (Wildman–Crippen MR) is 106 cm³/mol. The predicted octanol–water partition coefficient (Wildman–Crippen LogP) is 1.37.